The highest BCUT2D eigenvalue weighted by Crippen LogP contribution is 2.28. The highest BCUT2D eigenvalue weighted by molar-refractivity contribution is 9.10. The number of ether oxygens (including phenoxy) is 3. The summed E-state index contributed by atoms with van der Waals surface area (Å²) in [6.45, 7) is 7.86. The number of benzene rings is 2. The number of nitrogens with zero attached hydrogens (tertiary/aromatic N) is 4. The molecule has 3 heterocycles. The predicted octanol–water partition coefficient (Wildman–Crippen LogP) is 7.22. The van der Waals surface area contributed by atoms with Crippen molar-refractivity contribution in [2.24, 2.45) is 0 Å². The van der Waals surface area contributed by atoms with E-state index in [0.29, 0.717) is 18.1 Å². The number of fused-ring (bicyclic) bond motifs is 1. The van der Waals surface area contributed by atoms with Gasteiger partial charge < -0.3 is 14.2 Å². The molecule has 1 aliphatic rings. The average Bonchev–Trinajstić information content (AvgIpc) is 3.29. The molecule has 8 nitrogen and oxygen atoms in total. The standard InChI is InChI=1S/C32H32BrFN4O4/c1-32(2,3)42-31(39)38-25(16-22-8-9-23(33)17-28(22)38)19-37-13-11-26(12-14-37)41-30-6-4-5-24(36-30)20-40-29-10-7-21(18-35)15-27(29)34/h4-10,15-17,26H,11-14,19-20H2,1-3H3. The van der Waals surface area contributed by atoms with Crippen molar-refractivity contribution in [3.63, 3.8) is 0 Å². The second kappa shape index (κ2) is 12.5. The van der Waals surface area contributed by atoms with E-state index in [9.17, 15) is 9.18 Å². The lowest BCUT2D eigenvalue weighted by Gasteiger charge is -2.32. The van der Waals surface area contributed by atoms with Crippen molar-refractivity contribution in [2.45, 2.75) is 58.5 Å². The molecule has 0 aliphatic carbocycles. The Bertz CT molecular complexity index is 1630. The van der Waals surface area contributed by atoms with Crippen molar-refractivity contribution in [3.8, 4) is 17.7 Å². The number of carbonyl (C=O) groups is 1. The monoisotopic (exact) mass is 634 g/mol. The SMILES string of the molecule is CC(C)(C)OC(=O)n1c(CN2CCC(Oc3cccc(COc4ccc(C#N)cc4F)n3)CC2)cc2ccc(Br)cc21. The molecule has 0 bridgehead atoms. The Hall–Kier alpha value is -3.94. The molecular formula is C32H32BrFN4O4. The molecule has 1 saturated heterocycles. The first-order chi connectivity index (χ1) is 20.1. The van der Waals surface area contributed by atoms with Gasteiger partial charge in [-0.15, -0.1) is 0 Å². The molecule has 1 aliphatic heterocycles. The Labute approximate surface area is 252 Å². The Morgan fingerprint density at radius 3 is 2.62 bits per heavy atom. The first kappa shape index (κ1) is 29.5. The maximum atomic E-state index is 14.1. The summed E-state index contributed by atoms with van der Waals surface area (Å²) >= 11 is 3.52. The first-order valence-corrected chi connectivity index (χ1v) is 14.6. The zero-order valence-corrected chi connectivity index (χ0v) is 25.4. The van der Waals surface area contributed by atoms with Gasteiger partial charge in [-0.2, -0.15) is 5.26 Å². The van der Waals surface area contributed by atoms with Gasteiger partial charge in [-0.1, -0.05) is 28.1 Å². The van der Waals surface area contributed by atoms with Gasteiger partial charge in [0.2, 0.25) is 5.88 Å². The number of pyridine rings is 1. The highest BCUT2D eigenvalue weighted by atomic mass is 79.9. The van der Waals surface area contributed by atoms with Gasteiger partial charge in [0.05, 0.1) is 22.8 Å². The van der Waals surface area contributed by atoms with Crippen LogP contribution in [-0.4, -0.2) is 45.3 Å². The summed E-state index contributed by atoms with van der Waals surface area (Å²) in [6, 6.07) is 19.4. The van der Waals surface area contributed by atoms with Gasteiger partial charge in [-0.3, -0.25) is 4.90 Å². The van der Waals surface area contributed by atoms with E-state index < -0.39 is 11.4 Å². The largest absolute Gasteiger partial charge is 0.484 e. The van der Waals surface area contributed by atoms with E-state index in [0.717, 1.165) is 53.1 Å². The van der Waals surface area contributed by atoms with Crippen LogP contribution in [0.1, 0.15) is 50.6 Å². The number of likely N-dealkylation sites (tertiary alicyclic amines) is 1. The number of hydrogen-bond acceptors (Lipinski definition) is 7. The minimum Gasteiger partial charge on any atom is -0.484 e. The van der Waals surface area contributed by atoms with Gasteiger partial charge >= 0.3 is 6.09 Å². The van der Waals surface area contributed by atoms with E-state index in [1.807, 2.05) is 51.1 Å². The third kappa shape index (κ3) is 7.27. The van der Waals surface area contributed by atoms with E-state index in [-0.39, 0.29) is 30.1 Å². The van der Waals surface area contributed by atoms with E-state index in [1.54, 1.807) is 16.7 Å². The molecule has 0 spiro atoms. The molecule has 0 saturated carbocycles. The Balaban J connectivity index is 1.19. The molecule has 2 aromatic carbocycles. The zero-order valence-electron chi connectivity index (χ0n) is 23.8. The lowest BCUT2D eigenvalue weighted by molar-refractivity contribution is 0.0528. The maximum Gasteiger partial charge on any atom is 0.419 e. The molecule has 218 valence electrons. The van der Waals surface area contributed by atoms with Crippen LogP contribution in [0.4, 0.5) is 9.18 Å². The normalized spacial score (nSPS) is 14.5. The van der Waals surface area contributed by atoms with Crippen LogP contribution in [0, 0.1) is 17.1 Å². The van der Waals surface area contributed by atoms with Crippen LogP contribution >= 0.6 is 15.9 Å². The molecule has 0 radical (unpaired) electrons. The van der Waals surface area contributed by atoms with Crippen LogP contribution in [0.2, 0.25) is 0 Å². The number of aromatic nitrogens is 2. The van der Waals surface area contributed by atoms with Crippen molar-refractivity contribution in [3.05, 3.63) is 87.9 Å². The Morgan fingerprint density at radius 2 is 1.90 bits per heavy atom. The third-order valence-corrected chi connectivity index (χ3v) is 7.34. The third-order valence-electron chi connectivity index (χ3n) is 6.84. The number of nitriles is 1. The van der Waals surface area contributed by atoms with Crippen LogP contribution in [0.15, 0.2) is 65.1 Å². The van der Waals surface area contributed by atoms with Gasteiger partial charge in [0, 0.05) is 41.3 Å². The van der Waals surface area contributed by atoms with Crippen molar-refractivity contribution in [1.82, 2.24) is 14.5 Å². The summed E-state index contributed by atoms with van der Waals surface area (Å²) in [6.07, 6.45) is 1.21. The van der Waals surface area contributed by atoms with Gasteiger partial charge in [-0.05, 0) is 76.1 Å². The second-order valence-corrected chi connectivity index (χ2v) is 12.2. The van der Waals surface area contributed by atoms with Crippen LogP contribution in [0.3, 0.4) is 0 Å². The Kier molecular flexibility index (Phi) is 8.80. The average molecular weight is 636 g/mol. The maximum absolute atomic E-state index is 14.1. The smallest absolute Gasteiger partial charge is 0.419 e. The summed E-state index contributed by atoms with van der Waals surface area (Å²) in [5.74, 6) is -0.0362. The highest BCUT2D eigenvalue weighted by Gasteiger charge is 2.26. The summed E-state index contributed by atoms with van der Waals surface area (Å²) in [5.41, 5.74) is 1.92. The van der Waals surface area contributed by atoms with Crippen LogP contribution in [0.5, 0.6) is 11.6 Å². The molecule has 10 heteroatoms. The van der Waals surface area contributed by atoms with Crippen molar-refractivity contribution in [1.29, 1.82) is 5.26 Å². The van der Waals surface area contributed by atoms with Crippen molar-refractivity contribution < 1.29 is 23.4 Å². The molecule has 0 amide bonds. The fourth-order valence-electron chi connectivity index (χ4n) is 4.90. The van der Waals surface area contributed by atoms with Gasteiger partial charge in [0.25, 0.3) is 0 Å². The van der Waals surface area contributed by atoms with Gasteiger partial charge in [0.1, 0.15) is 18.3 Å². The van der Waals surface area contributed by atoms with E-state index >= 15 is 0 Å². The molecule has 4 aromatic rings. The minimum atomic E-state index is -0.607. The number of hydrogen-bond donors (Lipinski definition) is 0. The van der Waals surface area contributed by atoms with Gasteiger partial charge in [-0.25, -0.2) is 18.7 Å². The minimum absolute atomic E-state index is 0.00596. The van der Waals surface area contributed by atoms with Gasteiger partial charge in [0.15, 0.2) is 11.6 Å². The van der Waals surface area contributed by atoms with E-state index in [2.05, 4.69) is 31.9 Å². The number of halogens is 2. The van der Waals surface area contributed by atoms with E-state index in [1.165, 1.54) is 12.1 Å². The lowest BCUT2D eigenvalue weighted by atomic mass is 10.1. The van der Waals surface area contributed by atoms with Crippen LogP contribution in [-0.2, 0) is 17.9 Å². The molecule has 1 fully saturated rings. The topological polar surface area (TPSA) is 89.6 Å². The fourth-order valence-corrected chi connectivity index (χ4v) is 5.25. The number of carbonyl (C=O) groups excluding carboxylic acids is 1. The molecule has 5 rings (SSSR count). The van der Waals surface area contributed by atoms with Crippen molar-refractivity contribution in [2.75, 3.05) is 13.1 Å². The molecule has 42 heavy (non-hydrogen) atoms. The molecule has 2 aromatic heterocycles. The number of rotatable bonds is 7. The van der Waals surface area contributed by atoms with E-state index in [4.69, 9.17) is 19.5 Å². The lowest BCUT2D eigenvalue weighted by Crippen LogP contribution is -2.38. The molecule has 0 N–H and O–H groups in total. The molecular weight excluding hydrogens is 603 g/mol. The quantitative estimate of drug-likeness (QED) is 0.212. The van der Waals surface area contributed by atoms with Crippen LogP contribution in [0.25, 0.3) is 10.9 Å². The fraction of sp³-hybridized carbons (Fsp3) is 0.344. The van der Waals surface area contributed by atoms with Crippen molar-refractivity contribution >= 4 is 32.9 Å². The first-order valence-electron chi connectivity index (χ1n) is 13.8. The zero-order chi connectivity index (χ0) is 29.9. The Morgan fingerprint density at radius 1 is 1.12 bits per heavy atom. The van der Waals surface area contributed by atoms with Crippen LogP contribution < -0.4 is 9.47 Å². The molecule has 0 atom stereocenters. The number of piperidine rings is 1. The summed E-state index contributed by atoms with van der Waals surface area (Å²) in [4.78, 5) is 20.0. The predicted molar refractivity (Wildman–Crippen MR) is 160 cm³/mol. The second-order valence-electron chi connectivity index (χ2n) is 11.3. The summed E-state index contributed by atoms with van der Waals surface area (Å²) < 4.78 is 34.2. The summed E-state index contributed by atoms with van der Waals surface area (Å²) in [5, 5.41) is 9.88. The molecule has 0 unspecified atom stereocenters. The summed E-state index contributed by atoms with van der Waals surface area (Å²) in [7, 11) is 0.